The second kappa shape index (κ2) is 11.6. The molecule has 1 fully saturated rings. The van der Waals surface area contributed by atoms with Gasteiger partial charge in [0, 0.05) is 5.56 Å². The minimum atomic E-state index is -1.02. The lowest BCUT2D eigenvalue weighted by Gasteiger charge is -2.29. The van der Waals surface area contributed by atoms with Gasteiger partial charge in [-0.15, -0.1) is 0 Å². The van der Waals surface area contributed by atoms with E-state index in [0.717, 1.165) is 5.56 Å². The highest BCUT2D eigenvalue weighted by molar-refractivity contribution is 7.80. The number of carbonyl (C=O) groups excluding carboxylic acids is 2. The minimum Gasteiger partial charge on any atom is -0.494 e. The molecule has 10 heteroatoms. The van der Waals surface area contributed by atoms with E-state index in [2.05, 4.69) is 5.32 Å². The second-order valence-electron chi connectivity index (χ2n) is 8.05. The van der Waals surface area contributed by atoms with E-state index in [4.69, 9.17) is 31.5 Å². The Morgan fingerprint density at radius 2 is 1.74 bits per heavy atom. The van der Waals surface area contributed by atoms with Crippen molar-refractivity contribution >= 4 is 46.9 Å². The summed E-state index contributed by atoms with van der Waals surface area (Å²) in [6, 6.07) is 18.1. The third-order valence-corrected chi connectivity index (χ3v) is 5.91. The number of anilines is 1. The Morgan fingerprint density at radius 1 is 1.03 bits per heavy atom. The number of aromatic carboxylic acids is 1. The van der Waals surface area contributed by atoms with Crippen molar-refractivity contribution in [2.45, 2.75) is 13.5 Å². The van der Waals surface area contributed by atoms with Crippen LogP contribution >= 0.6 is 12.2 Å². The molecule has 0 atom stereocenters. The molecule has 0 aliphatic carbocycles. The SMILES string of the molecule is CCOc1ccc(N2C(=O)/C(=C/c3cccc(OC)c3OCc3ccc(C(=O)O)cc3)C(=O)NC2=S)cc1. The molecule has 0 unspecified atom stereocenters. The van der Waals surface area contributed by atoms with E-state index in [0.29, 0.717) is 35.1 Å². The van der Waals surface area contributed by atoms with Gasteiger partial charge in [0.25, 0.3) is 11.8 Å². The molecule has 0 spiro atoms. The van der Waals surface area contributed by atoms with Crippen molar-refractivity contribution in [3.05, 3.63) is 89.0 Å². The van der Waals surface area contributed by atoms with Crippen molar-refractivity contribution in [1.29, 1.82) is 0 Å². The number of thiocarbonyl (C=S) groups is 1. The van der Waals surface area contributed by atoms with Crippen LogP contribution < -0.4 is 24.4 Å². The lowest BCUT2D eigenvalue weighted by Crippen LogP contribution is -2.54. The highest BCUT2D eigenvalue weighted by Gasteiger charge is 2.34. The number of nitrogens with one attached hydrogen (secondary N) is 1. The van der Waals surface area contributed by atoms with E-state index in [9.17, 15) is 14.4 Å². The summed E-state index contributed by atoms with van der Waals surface area (Å²) in [6.45, 7) is 2.47. The van der Waals surface area contributed by atoms with Crippen LogP contribution in [0.3, 0.4) is 0 Å². The molecular weight excluding hydrogens is 508 g/mol. The summed E-state index contributed by atoms with van der Waals surface area (Å²) in [4.78, 5) is 38.6. The van der Waals surface area contributed by atoms with Crippen LogP contribution in [0.4, 0.5) is 5.69 Å². The predicted octanol–water partition coefficient (Wildman–Crippen LogP) is 4.20. The third-order valence-electron chi connectivity index (χ3n) is 5.62. The molecule has 2 amide bonds. The van der Waals surface area contributed by atoms with Crippen molar-refractivity contribution in [1.82, 2.24) is 5.32 Å². The zero-order valence-electron chi connectivity index (χ0n) is 20.6. The first-order valence-electron chi connectivity index (χ1n) is 11.6. The van der Waals surface area contributed by atoms with Crippen LogP contribution in [0, 0.1) is 0 Å². The number of nitrogens with zero attached hydrogens (tertiary/aromatic N) is 1. The van der Waals surface area contributed by atoms with Crippen LogP contribution in [0.2, 0.25) is 0 Å². The van der Waals surface area contributed by atoms with E-state index >= 15 is 0 Å². The lowest BCUT2D eigenvalue weighted by molar-refractivity contribution is -0.122. The van der Waals surface area contributed by atoms with Crippen molar-refractivity contribution in [3.63, 3.8) is 0 Å². The molecule has 0 radical (unpaired) electrons. The number of benzene rings is 3. The number of carboxylic acid groups (broad SMARTS) is 1. The zero-order chi connectivity index (χ0) is 27.2. The second-order valence-corrected chi connectivity index (χ2v) is 8.44. The van der Waals surface area contributed by atoms with Gasteiger partial charge in [-0.1, -0.05) is 24.3 Å². The first-order chi connectivity index (χ1) is 18.3. The van der Waals surface area contributed by atoms with Crippen molar-refractivity contribution in [2.75, 3.05) is 18.6 Å². The summed E-state index contributed by atoms with van der Waals surface area (Å²) in [5, 5.41) is 11.6. The summed E-state index contributed by atoms with van der Waals surface area (Å²) in [5.74, 6) is -0.913. The monoisotopic (exact) mass is 532 g/mol. The number of amides is 2. The lowest BCUT2D eigenvalue weighted by atomic mass is 10.1. The maximum absolute atomic E-state index is 13.5. The van der Waals surface area contributed by atoms with E-state index in [1.54, 1.807) is 54.6 Å². The average Bonchev–Trinajstić information content (AvgIpc) is 2.91. The van der Waals surface area contributed by atoms with E-state index in [1.165, 1.54) is 30.2 Å². The highest BCUT2D eigenvalue weighted by atomic mass is 32.1. The van der Waals surface area contributed by atoms with Crippen LogP contribution in [0.5, 0.6) is 17.2 Å². The Labute approximate surface area is 224 Å². The van der Waals surface area contributed by atoms with Gasteiger partial charge >= 0.3 is 5.97 Å². The fourth-order valence-corrected chi connectivity index (χ4v) is 4.05. The predicted molar refractivity (Wildman–Crippen MR) is 145 cm³/mol. The molecule has 1 saturated heterocycles. The van der Waals surface area contributed by atoms with Gasteiger partial charge in [0.05, 0.1) is 25.0 Å². The maximum Gasteiger partial charge on any atom is 0.335 e. The smallest absolute Gasteiger partial charge is 0.335 e. The van der Waals surface area contributed by atoms with Gasteiger partial charge in [-0.2, -0.15) is 0 Å². The first-order valence-corrected chi connectivity index (χ1v) is 12.0. The molecule has 0 bridgehead atoms. The van der Waals surface area contributed by atoms with Crippen molar-refractivity contribution in [3.8, 4) is 17.2 Å². The largest absolute Gasteiger partial charge is 0.494 e. The van der Waals surface area contributed by atoms with Gasteiger partial charge in [-0.3, -0.25) is 19.8 Å². The number of carbonyl (C=O) groups is 3. The number of hydrogen-bond acceptors (Lipinski definition) is 7. The number of carboxylic acids is 1. The zero-order valence-corrected chi connectivity index (χ0v) is 21.4. The molecule has 0 saturated carbocycles. The van der Waals surface area contributed by atoms with Gasteiger partial charge in [0.2, 0.25) is 0 Å². The van der Waals surface area contributed by atoms with Gasteiger partial charge in [0.15, 0.2) is 16.6 Å². The van der Waals surface area contributed by atoms with Crippen LogP contribution in [0.25, 0.3) is 6.08 Å². The number of ether oxygens (including phenoxy) is 3. The van der Waals surface area contributed by atoms with Gasteiger partial charge < -0.3 is 19.3 Å². The Hall–Kier alpha value is -4.70. The summed E-state index contributed by atoms with van der Waals surface area (Å²) >= 11 is 5.28. The molecule has 1 aliphatic rings. The number of hydrogen-bond donors (Lipinski definition) is 2. The molecule has 0 aromatic heterocycles. The summed E-state index contributed by atoms with van der Waals surface area (Å²) < 4.78 is 16.9. The molecule has 9 nitrogen and oxygen atoms in total. The number of para-hydroxylation sites is 1. The molecule has 1 heterocycles. The maximum atomic E-state index is 13.5. The van der Waals surface area contributed by atoms with E-state index < -0.39 is 17.8 Å². The summed E-state index contributed by atoms with van der Waals surface area (Å²) in [7, 11) is 1.48. The average molecular weight is 533 g/mol. The van der Waals surface area contributed by atoms with E-state index in [-0.39, 0.29) is 22.9 Å². The Balaban J connectivity index is 1.64. The normalized spacial score (nSPS) is 14.3. The Bertz CT molecular complexity index is 1420. The van der Waals surface area contributed by atoms with Crippen LogP contribution in [-0.4, -0.2) is 41.7 Å². The fraction of sp³-hybridized carbons (Fsp3) is 0.143. The van der Waals surface area contributed by atoms with Gasteiger partial charge in [-0.05, 0) is 73.2 Å². The molecule has 1 aliphatic heterocycles. The molecule has 194 valence electrons. The Morgan fingerprint density at radius 3 is 2.37 bits per heavy atom. The fourth-order valence-electron chi connectivity index (χ4n) is 3.77. The quantitative estimate of drug-likeness (QED) is 0.239. The molecule has 4 rings (SSSR count). The summed E-state index contributed by atoms with van der Waals surface area (Å²) in [6.07, 6.45) is 1.42. The molecule has 3 aromatic carbocycles. The summed E-state index contributed by atoms with van der Waals surface area (Å²) in [5.41, 5.74) is 1.65. The third kappa shape index (κ3) is 5.65. The number of rotatable bonds is 9. The number of methoxy groups -OCH3 is 1. The van der Waals surface area contributed by atoms with Crippen LogP contribution in [-0.2, 0) is 16.2 Å². The highest BCUT2D eigenvalue weighted by Crippen LogP contribution is 2.34. The topological polar surface area (TPSA) is 114 Å². The molecular formula is C28H24N2O7S. The van der Waals surface area contributed by atoms with Crippen LogP contribution in [0.1, 0.15) is 28.4 Å². The molecule has 3 aromatic rings. The van der Waals surface area contributed by atoms with Crippen molar-refractivity contribution < 1.29 is 33.7 Å². The standard InChI is InChI=1S/C28H24N2O7S/c1-3-36-21-13-11-20(12-14-21)30-26(32)22(25(31)29-28(30)38)15-19-5-4-6-23(35-2)24(19)37-16-17-7-9-18(10-8-17)27(33)34/h4-15H,3,16H2,1-2H3,(H,33,34)(H,29,31,38)/b22-15+. The van der Waals surface area contributed by atoms with E-state index in [1.807, 2.05) is 6.92 Å². The minimum absolute atomic E-state index is 0.0340. The molecule has 38 heavy (non-hydrogen) atoms. The molecule has 2 N–H and O–H groups in total. The van der Waals surface area contributed by atoms with Crippen LogP contribution in [0.15, 0.2) is 72.3 Å². The van der Waals surface area contributed by atoms with Gasteiger partial charge in [-0.25, -0.2) is 4.79 Å². The van der Waals surface area contributed by atoms with Crippen molar-refractivity contribution in [2.24, 2.45) is 0 Å². The Kier molecular flexibility index (Phi) is 8.03. The first kappa shape index (κ1) is 26.4. The van der Waals surface area contributed by atoms with Gasteiger partial charge in [0.1, 0.15) is 17.9 Å².